The van der Waals surface area contributed by atoms with Crippen LogP contribution in [0.15, 0.2) is 83.8 Å². The van der Waals surface area contributed by atoms with Gasteiger partial charge in [0.05, 0.1) is 17.2 Å². The van der Waals surface area contributed by atoms with E-state index in [0.29, 0.717) is 25.2 Å². The summed E-state index contributed by atoms with van der Waals surface area (Å²) >= 11 is 0. The van der Waals surface area contributed by atoms with Crippen molar-refractivity contribution >= 4 is 27.5 Å². The van der Waals surface area contributed by atoms with Crippen LogP contribution in [0.25, 0.3) is 0 Å². The summed E-state index contributed by atoms with van der Waals surface area (Å²) in [5, 5.41) is 2.95. The Labute approximate surface area is 248 Å². The number of carbonyl (C=O) groups is 2. The molecule has 0 heterocycles. The number of halogens is 1. The van der Waals surface area contributed by atoms with E-state index in [1.165, 1.54) is 41.3 Å². The molecule has 3 rings (SSSR count). The third kappa shape index (κ3) is 8.79. The van der Waals surface area contributed by atoms with Gasteiger partial charge in [-0.2, -0.15) is 0 Å². The summed E-state index contributed by atoms with van der Waals surface area (Å²) in [5.74, 6) is -0.920. The molecule has 0 aliphatic heterocycles. The SMILES string of the molecule is CCOc1ccc(S(=O)(=O)N(CC(=O)N(CCc2ccccc2)[C@@H](CC)C(=O)NC(C)(C)C)c2ccc(F)cc2)cc1. The fraction of sp³-hybridized carbons (Fsp3) is 0.375. The van der Waals surface area contributed by atoms with Gasteiger partial charge in [-0.05, 0) is 94.6 Å². The maximum atomic E-state index is 14.0. The van der Waals surface area contributed by atoms with Crippen molar-refractivity contribution in [2.24, 2.45) is 0 Å². The minimum atomic E-state index is -4.27. The number of nitrogens with zero attached hydrogens (tertiary/aromatic N) is 2. The molecule has 226 valence electrons. The molecule has 0 unspecified atom stereocenters. The van der Waals surface area contributed by atoms with Crippen LogP contribution in [0.2, 0.25) is 0 Å². The molecular weight excluding hydrogens is 557 g/mol. The number of nitrogens with one attached hydrogen (secondary N) is 1. The van der Waals surface area contributed by atoms with Crippen molar-refractivity contribution in [1.29, 1.82) is 0 Å². The number of rotatable bonds is 13. The average Bonchev–Trinajstić information content (AvgIpc) is 2.94. The largest absolute Gasteiger partial charge is 0.494 e. The van der Waals surface area contributed by atoms with Crippen molar-refractivity contribution in [1.82, 2.24) is 10.2 Å². The van der Waals surface area contributed by atoms with Gasteiger partial charge in [0.2, 0.25) is 11.8 Å². The zero-order valence-corrected chi connectivity index (χ0v) is 25.7. The molecule has 3 aromatic rings. The Morgan fingerprint density at radius 2 is 1.55 bits per heavy atom. The van der Waals surface area contributed by atoms with Gasteiger partial charge in [0, 0.05) is 12.1 Å². The Kier molecular flexibility index (Phi) is 11.1. The molecule has 0 aliphatic rings. The smallest absolute Gasteiger partial charge is 0.264 e. The molecule has 2 amide bonds. The quantitative estimate of drug-likeness (QED) is 0.293. The first-order valence-electron chi connectivity index (χ1n) is 14.0. The number of amides is 2. The molecule has 0 aromatic heterocycles. The number of carbonyl (C=O) groups excluding carboxylic acids is 2. The van der Waals surface area contributed by atoms with Gasteiger partial charge >= 0.3 is 0 Å². The first-order valence-corrected chi connectivity index (χ1v) is 15.5. The van der Waals surface area contributed by atoms with E-state index in [0.717, 1.165) is 22.0 Å². The van der Waals surface area contributed by atoms with E-state index in [9.17, 15) is 22.4 Å². The summed E-state index contributed by atoms with van der Waals surface area (Å²) < 4.78 is 48.1. The number of sulfonamides is 1. The molecule has 0 saturated carbocycles. The average molecular weight is 598 g/mol. The molecule has 0 bridgehead atoms. The summed E-state index contributed by atoms with van der Waals surface area (Å²) in [6.07, 6.45) is 0.790. The highest BCUT2D eigenvalue weighted by Gasteiger charge is 2.34. The molecule has 0 fully saturated rings. The lowest BCUT2D eigenvalue weighted by molar-refractivity contribution is -0.140. The van der Waals surface area contributed by atoms with E-state index in [4.69, 9.17) is 4.74 Å². The lowest BCUT2D eigenvalue weighted by Crippen LogP contribution is -2.56. The highest BCUT2D eigenvalue weighted by molar-refractivity contribution is 7.92. The summed E-state index contributed by atoms with van der Waals surface area (Å²) in [7, 11) is -4.27. The molecule has 10 heteroatoms. The predicted molar refractivity (Wildman–Crippen MR) is 162 cm³/mol. The van der Waals surface area contributed by atoms with Crippen LogP contribution in [0.4, 0.5) is 10.1 Å². The number of ether oxygens (including phenoxy) is 1. The van der Waals surface area contributed by atoms with Crippen molar-refractivity contribution in [2.45, 2.75) is 63.9 Å². The van der Waals surface area contributed by atoms with Crippen molar-refractivity contribution < 1.29 is 27.1 Å². The van der Waals surface area contributed by atoms with E-state index in [2.05, 4.69) is 5.32 Å². The minimum Gasteiger partial charge on any atom is -0.494 e. The molecule has 3 aromatic carbocycles. The molecule has 8 nitrogen and oxygen atoms in total. The fourth-order valence-electron chi connectivity index (χ4n) is 4.49. The topological polar surface area (TPSA) is 96.0 Å². The first-order chi connectivity index (χ1) is 19.9. The molecule has 0 spiro atoms. The number of hydrogen-bond acceptors (Lipinski definition) is 5. The van der Waals surface area contributed by atoms with Crippen LogP contribution in [0, 0.1) is 5.82 Å². The maximum Gasteiger partial charge on any atom is 0.264 e. The minimum absolute atomic E-state index is 0.0589. The Bertz CT molecular complexity index is 1420. The highest BCUT2D eigenvalue weighted by Crippen LogP contribution is 2.26. The fourth-order valence-corrected chi connectivity index (χ4v) is 5.90. The standard InChI is InChI=1S/C32H40FN3O5S/c1-6-29(31(38)34-32(3,4)5)35(22-21-24-11-9-8-10-12-24)30(37)23-36(26-15-13-25(33)14-16-26)42(39,40)28-19-17-27(18-20-28)41-7-2/h8-20,29H,6-7,21-23H2,1-5H3,(H,34,38)/t29-/m0/s1. The van der Waals surface area contributed by atoms with E-state index >= 15 is 0 Å². The summed E-state index contributed by atoms with van der Waals surface area (Å²) in [5.41, 5.74) is 0.558. The number of anilines is 1. The Morgan fingerprint density at radius 3 is 2.10 bits per heavy atom. The third-order valence-corrected chi connectivity index (χ3v) is 8.27. The van der Waals surface area contributed by atoms with Crippen LogP contribution in [-0.4, -0.2) is 56.4 Å². The molecular formula is C32H40FN3O5S. The maximum absolute atomic E-state index is 14.0. The van der Waals surface area contributed by atoms with Crippen LogP contribution in [0.3, 0.4) is 0 Å². The monoisotopic (exact) mass is 597 g/mol. The molecule has 1 atom stereocenters. The highest BCUT2D eigenvalue weighted by atomic mass is 32.2. The van der Waals surface area contributed by atoms with E-state index in [-0.39, 0.29) is 23.0 Å². The number of benzene rings is 3. The Hall–Kier alpha value is -3.92. The lowest BCUT2D eigenvalue weighted by atomic mass is 10.1. The summed E-state index contributed by atoms with van der Waals surface area (Å²) in [6.45, 7) is 9.22. The van der Waals surface area contributed by atoms with Gasteiger partial charge in [0.25, 0.3) is 10.0 Å². The lowest BCUT2D eigenvalue weighted by Gasteiger charge is -2.34. The van der Waals surface area contributed by atoms with Gasteiger partial charge < -0.3 is 15.0 Å². The van der Waals surface area contributed by atoms with Crippen molar-refractivity contribution in [3.8, 4) is 5.75 Å². The van der Waals surface area contributed by atoms with Crippen LogP contribution in [0.1, 0.15) is 46.6 Å². The predicted octanol–water partition coefficient (Wildman–Crippen LogP) is 5.18. The molecule has 0 radical (unpaired) electrons. The first kappa shape index (κ1) is 32.6. The van der Waals surface area contributed by atoms with Crippen LogP contribution in [-0.2, 0) is 26.0 Å². The van der Waals surface area contributed by atoms with E-state index in [1.54, 1.807) is 0 Å². The molecule has 42 heavy (non-hydrogen) atoms. The molecule has 0 aliphatic carbocycles. The van der Waals surface area contributed by atoms with Gasteiger partial charge in [-0.3, -0.25) is 13.9 Å². The zero-order chi connectivity index (χ0) is 30.9. The van der Waals surface area contributed by atoms with Gasteiger partial charge in [0.1, 0.15) is 24.2 Å². The summed E-state index contributed by atoms with van der Waals surface area (Å²) in [6, 6.07) is 19.5. The third-order valence-electron chi connectivity index (χ3n) is 6.48. The van der Waals surface area contributed by atoms with E-state index in [1.807, 2.05) is 65.0 Å². The second-order valence-electron chi connectivity index (χ2n) is 10.9. The second kappa shape index (κ2) is 14.3. The Morgan fingerprint density at radius 1 is 0.929 bits per heavy atom. The van der Waals surface area contributed by atoms with Gasteiger partial charge in [-0.25, -0.2) is 12.8 Å². The van der Waals surface area contributed by atoms with Crippen LogP contribution >= 0.6 is 0 Å². The van der Waals surface area contributed by atoms with Crippen LogP contribution in [0.5, 0.6) is 5.75 Å². The van der Waals surface area contributed by atoms with Crippen molar-refractivity contribution in [3.63, 3.8) is 0 Å². The van der Waals surface area contributed by atoms with Crippen molar-refractivity contribution in [2.75, 3.05) is 24.0 Å². The van der Waals surface area contributed by atoms with Gasteiger partial charge in [-0.15, -0.1) is 0 Å². The van der Waals surface area contributed by atoms with Crippen LogP contribution < -0.4 is 14.4 Å². The van der Waals surface area contributed by atoms with E-state index < -0.39 is 39.9 Å². The number of hydrogen-bond donors (Lipinski definition) is 1. The summed E-state index contributed by atoms with van der Waals surface area (Å²) in [4.78, 5) is 28.8. The normalized spacial score (nSPS) is 12.3. The molecule has 1 N–H and O–H groups in total. The van der Waals surface area contributed by atoms with Gasteiger partial charge in [0.15, 0.2) is 0 Å². The Balaban J connectivity index is 2.01. The van der Waals surface area contributed by atoms with Crippen molar-refractivity contribution in [3.05, 3.63) is 90.2 Å². The zero-order valence-electron chi connectivity index (χ0n) is 24.8. The second-order valence-corrected chi connectivity index (χ2v) is 12.7. The van der Waals surface area contributed by atoms with Gasteiger partial charge in [-0.1, -0.05) is 37.3 Å². The molecule has 0 saturated heterocycles.